The largest absolute Gasteiger partial charge is 0.396 e. The molecular formula is C10H17NO. The third-order valence-corrected chi connectivity index (χ3v) is 2.34. The number of H-pyrrole nitrogens is 1. The van der Waals surface area contributed by atoms with Gasteiger partial charge in [0.1, 0.15) is 0 Å². The van der Waals surface area contributed by atoms with Gasteiger partial charge < -0.3 is 10.1 Å². The molecule has 2 heteroatoms. The van der Waals surface area contributed by atoms with E-state index >= 15 is 0 Å². The van der Waals surface area contributed by atoms with Crippen molar-refractivity contribution in [3.63, 3.8) is 0 Å². The highest BCUT2D eigenvalue weighted by atomic mass is 16.3. The lowest BCUT2D eigenvalue weighted by molar-refractivity contribution is 0.189. The minimum atomic E-state index is 0.281. The van der Waals surface area contributed by atoms with Crippen LogP contribution in [-0.4, -0.2) is 16.7 Å². The van der Waals surface area contributed by atoms with Crippen molar-refractivity contribution in [3.8, 4) is 0 Å². The SMILES string of the molecule is CC(C)C(CO)Cc1cc[nH]c1. The Morgan fingerprint density at radius 2 is 2.25 bits per heavy atom. The second kappa shape index (κ2) is 4.31. The number of hydrogen-bond donors (Lipinski definition) is 2. The van der Waals surface area contributed by atoms with Crippen molar-refractivity contribution in [2.45, 2.75) is 20.3 Å². The molecule has 0 saturated carbocycles. The number of aromatic nitrogens is 1. The summed E-state index contributed by atoms with van der Waals surface area (Å²) in [6.07, 6.45) is 4.88. The fourth-order valence-electron chi connectivity index (χ4n) is 1.30. The van der Waals surface area contributed by atoms with Gasteiger partial charge in [-0.1, -0.05) is 13.8 Å². The van der Waals surface area contributed by atoms with Gasteiger partial charge in [0.15, 0.2) is 0 Å². The molecule has 1 aromatic rings. The summed E-state index contributed by atoms with van der Waals surface area (Å²) in [6.45, 7) is 4.57. The third kappa shape index (κ3) is 2.38. The fraction of sp³-hybridized carbons (Fsp3) is 0.600. The molecule has 1 atom stereocenters. The first kappa shape index (κ1) is 9.33. The van der Waals surface area contributed by atoms with Crippen LogP contribution in [0.1, 0.15) is 19.4 Å². The molecule has 2 N–H and O–H groups in total. The summed E-state index contributed by atoms with van der Waals surface area (Å²) in [7, 11) is 0. The van der Waals surface area contributed by atoms with Gasteiger partial charge in [-0.3, -0.25) is 0 Å². The predicted molar refractivity (Wildman–Crippen MR) is 49.9 cm³/mol. The van der Waals surface area contributed by atoms with E-state index in [1.54, 1.807) is 0 Å². The van der Waals surface area contributed by atoms with Gasteiger partial charge in [-0.05, 0) is 29.9 Å². The highest BCUT2D eigenvalue weighted by Crippen LogP contribution is 2.15. The minimum absolute atomic E-state index is 0.281. The van der Waals surface area contributed by atoms with Crippen molar-refractivity contribution in [3.05, 3.63) is 24.0 Å². The molecule has 1 unspecified atom stereocenters. The van der Waals surface area contributed by atoms with E-state index in [4.69, 9.17) is 5.11 Å². The molecule has 1 rings (SSSR count). The van der Waals surface area contributed by atoms with Crippen LogP contribution < -0.4 is 0 Å². The smallest absolute Gasteiger partial charge is 0.0464 e. The van der Waals surface area contributed by atoms with Crippen LogP contribution in [0.4, 0.5) is 0 Å². The summed E-state index contributed by atoms with van der Waals surface area (Å²) >= 11 is 0. The first-order chi connectivity index (χ1) is 5.74. The average molecular weight is 167 g/mol. The van der Waals surface area contributed by atoms with Gasteiger partial charge in [0.25, 0.3) is 0 Å². The molecule has 0 radical (unpaired) electrons. The monoisotopic (exact) mass is 167 g/mol. The van der Waals surface area contributed by atoms with Crippen molar-refractivity contribution in [2.75, 3.05) is 6.61 Å². The number of nitrogens with one attached hydrogen (secondary N) is 1. The van der Waals surface area contributed by atoms with Gasteiger partial charge in [0.2, 0.25) is 0 Å². The van der Waals surface area contributed by atoms with E-state index in [1.165, 1.54) is 5.56 Å². The molecule has 2 nitrogen and oxygen atoms in total. The van der Waals surface area contributed by atoms with Gasteiger partial charge in [-0.25, -0.2) is 0 Å². The van der Waals surface area contributed by atoms with E-state index in [2.05, 4.69) is 24.9 Å². The molecule has 0 amide bonds. The van der Waals surface area contributed by atoms with Crippen LogP contribution in [0.3, 0.4) is 0 Å². The third-order valence-electron chi connectivity index (χ3n) is 2.34. The first-order valence-corrected chi connectivity index (χ1v) is 4.46. The lowest BCUT2D eigenvalue weighted by Crippen LogP contribution is -2.15. The maximum Gasteiger partial charge on any atom is 0.0464 e. The van der Waals surface area contributed by atoms with Crippen LogP contribution in [0.2, 0.25) is 0 Å². The van der Waals surface area contributed by atoms with Crippen LogP contribution in [0.15, 0.2) is 18.5 Å². The van der Waals surface area contributed by atoms with Crippen LogP contribution in [0.5, 0.6) is 0 Å². The molecule has 68 valence electrons. The Morgan fingerprint density at radius 1 is 1.50 bits per heavy atom. The lowest BCUT2D eigenvalue weighted by atomic mass is 9.91. The molecule has 1 heterocycles. The number of rotatable bonds is 4. The summed E-state index contributed by atoms with van der Waals surface area (Å²) in [5.41, 5.74) is 1.28. The number of aliphatic hydroxyl groups is 1. The van der Waals surface area contributed by atoms with Crippen molar-refractivity contribution in [1.82, 2.24) is 4.98 Å². The van der Waals surface area contributed by atoms with Crippen molar-refractivity contribution < 1.29 is 5.11 Å². The minimum Gasteiger partial charge on any atom is -0.396 e. The fourth-order valence-corrected chi connectivity index (χ4v) is 1.30. The Hall–Kier alpha value is -0.760. The average Bonchev–Trinajstić information content (AvgIpc) is 2.51. The van der Waals surface area contributed by atoms with E-state index in [-0.39, 0.29) is 6.61 Å². The summed E-state index contributed by atoms with van der Waals surface area (Å²) in [4.78, 5) is 3.02. The quantitative estimate of drug-likeness (QED) is 0.705. The van der Waals surface area contributed by atoms with E-state index in [0.717, 1.165) is 6.42 Å². The Kier molecular flexibility index (Phi) is 3.35. The Balaban J connectivity index is 2.48. The molecule has 0 aromatic carbocycles. The van der Waals surface area contributed by atoms with Crippen molar-refractivity contribution >= 4 is 0 Å². The molecule has 0 aliphatic rings. The molecule has 0 aliphatic carbocycles. The summed E-state index contributed by atoms with van der Waals surface area (Å²) < 4.78 is 0. The van der Waals surface area contributed by atoms with Gasteiger partial charge in [0, 0.05) is 19.0 Å². The van der Waals surface area contributed by atoms with Crippen molar-refractivity contribution in [1.29, 1.82) is 0 Å². The Morgan fingerprint density at radius 3 is 2.67 bits per heavy atom. The van der Waals surface area contributed by atoms with E-state index in [1.807, 2.05) is 12.4 Å². The van der Waals surface area contributed by atoms with Crippen molar-refractivity contribution in [2.24, 2.45) is 11.8 Å². The molecule has 1 aromatic heterocycles. The Bertz CT molecular complexity index is 204. The normalized spacial score (nSPS) is 13.7. The van der Waals surface area contributed by atoms with Gasteiger partial charge in [-0.2, -0.15) is 0 Å². The Labute approximate surface area is 73.6 Å². The molecule has 0 fully saturated rings. The zero-order chi connectivity index (χ0) is 8.97. The standard InChI is InChI=1S/C10H17NO/c1-8(2)10(7-12)5-9-3-4-11-6-9/h3-4,6,8,10-12H,5,7H2,1-2H3. The van der Waals surface area contributed by atoms with Crippen LogP contribution in [-0.2, 0) is 6.42 Å². The highest BCUT2D eigenvalue weighted by Gasteiger charge is 2.12. The second-order valence-electron chi connectivity index (χ2n) is 3.61. The van der Waals surface area contributed by atoms with E-state index < -0.39 is 0 Å². The highest BCUT2D eigenvalue weighted by molar-refractivity contribution is 5.09. The van der Waals surface area contributed by atoms with Crippen LogP contribution in [0.25, 0.3) is 0 Å². The first-order valence-electron chi connectivity index (χ1n) is 4.46. The topological polar surface area (TPSA) is 36.0 Å². The molecule has 0 bridgehead atoms. The summed E-state index contributed by atoms with van der Waals surface area (Å²) in [5, 5.41) is 9.09. The number of aliphatic hydroxyl groups excluding tert-OH is 1. The number of aromatic amines is 1. The molecule has 0 aliphatic heterocycles. The maximum absolute atomic E-state index is 9.09. The lowest BCUT2D eigenvalue weighted by Gasteiger charge is -2.16. The zero-order valence-corrected chi connectivity index (χ0v) is 7.75. The van der Waals surface area contributed by atoms with Crippen LogP contribution >= 0.6 is 0 Å². The molecule has 0 spiro atoms. The predicted octanol–water partition coefficient (Wildman–Crippen LogP) is 1.82. The van der Waals surface area contributed by atoms with E-state index in [9.17, 15) is 0 Å². The summed E-state index contributed by atoms with van der Waals surface area (Å²) in [6, 6.07) is 2.06. The molecular weight excluding hydrogens is 150 g/mol. The molecule has 12 heavy (non-hydrogen) atoms. The second-order valence-corrected chi connectivity index (χ2v) is 3.61. The van der Waals surface area contributed by atoms with Crippen LogP contribution in [0, 0.1) is 11.8 Å². The maximum atomic E-state index is 9.09. The zero-order valence-electron chi connectivity index (χ0n) is 7.75. The van der Waals surface area contributed by atoms with Gasteiger partial charge in [-0.15, -0.1) is 0 Å². The molecule has 0 saturated heterocycles. The van der Waals surface area contributed by atoms with Gasteiger partial charge in [0.05, 0.1) is 0 Å². The summed E-state index contributed by atoms with van der Waals surface area (Å²) in [5.74, 6) is 0.936. The van der Waals surface area contributed by atoms with Gasteiger partial charge >= 0.3 is 0 Å². The van der Waals surface area contributed by atoms with E-state index in [0.29, 0.717) is 11.8 Å². The number of hydrogen-bond acceptors (Lipinski definition) is 1.